The molecule has 5 heteroatoms. The molecule has 0 saturated heterocycles. The van der Waals surface area contributed by atoms with Crippen LogP contribution in [0.4, 0.5) is 23.1 Å². The molecule has 0 amide bonds. The van der Waals surface area contributed by atoms with Crippen molar-refractivity contribution in [3.63, 3.8) is 0 Å². The minimum atomic E-state index is 0.542. The summed E-state index contributed by atoms with van der Waals surface area (Å²) in [4.78, 5) is 8.87. The lowest BCUT2D eigenvalue weighted by Gasteiger charge is -2.10. The van der Waals surface area contributed by atoms with Gasteiger partial charge in [-0.25, -0.2) is 4.98 Å². The Balaban J connectivity index is 1.85. The van der Waals surface area contributed by atoms with E-state index in [-0.39, 0.29) is 0 Å². The van der Waals surface area contributed by atoms with E-state index in [1.807, 2.05) is 67.6 Å². The highest BCUT2D eigenvalue weighted by Crippen LogP contribution is 2.25. The van der Waals surface area contributed by atoms with E-state index in [9.17, 15) is 0 Å². The second-order valence-electron chi connectivity index (χ2n) is 4.81. The van der Waals surface area contributed by atoms with Crippen molar-refractivity contribution in [3.05, 3.63) is 71.4 Å². The van der Waals surface area contributed by atoms with Crippen molar-refractivity contribution in [2.24, 2.45) is 0 Å². The number of aromatic nitrogens is 2. The number of halogens is 1. The van der Waals surface area contributed by atoms with Gasteiger partial charge in [0, 0.05) is 17.4 Å². The SMILES string of the molecule is Cc1cc(Nc2ccccc2Cl)nc(Nc2ccccc2)n1. The van der Waals surface area contributed by atoms with Gasteiger partial charge in [-0.05, 0) is 31.2 Å². The number of anilines is 4. The van der Waals surface area contributed by atoms with Gasteiger partial charge in [0.25, 0.3) is 0 Å². The van der Waals surface area contributed by atoms with Gasteiger partial charge in [-0.3, -0.25) is 0 Å². The number of rotatable bonds is 4. The van der Waals surface area contributed by atoms with Crippen LogP contribution in [0.25, 0.3) is 0 Å². The first-order valence-electron chi connectivity index (χ1n) is 6.90. The Hall–Kier alpha value is -2.59. The number of benzene rings is 2. The Labute approximate surface area is 134 Å². The van der Waals surface area contributed by atoms with Gasteiger partial charge < -0.3 is 10.6 Å². The predicted molar refractivity (Wildman–Crippen MR) is 91.2 cm³/mol. The molecule has 0 atom stereocenters. The Morgan fingerprint density at radius 3 is 2.36 bits per heavy atom. The summed E-state index contributed by atoms with van der Waals surface area (Å²) in [7, 11) is 0. The molecule has 0 fully saturated rings. The van der Waals surface area contributed by atoms with Crippen molar-refractivity contribution in [2.75, 3.05) is 10.6 Å². The van der Waals surface area contributed by atoms with Crippen LogP contribution in [0.1, 0.15) is 5.69 Å². The molecule has 0 saturated carbocycles. The van der Waals surface area contributed by atoms with Crippen molar-refractivity contribution in [2.45, 2.75) is 6.92 Å². The smallest absolute Gasteiger partial charge is 0.229 e. The fourth-order valence-electron chi connectivity index (χ4n) is 2.04. The number of hydrogen-bond acceptors (Lipinski definition) is 4. The maximum absolute atomic E-state index is 6.16. The van der Waals surface area contributed by atoms with Crippen LogP contribution in [0, 0.1) is 6.92 Å². The van der Waals surface area contributed by atoms with Crippen LogP contribution in [0.5, 0.6) is 0 Å². The molecule has 110 valence electrons. The molecule has 0 radical (unpaired) electrons. The quantitative estimate of drug-likeness (QED) is 0.717. The lowest BCUT2D eigenvalue weighted by molar-refractivity contribution is 1.11. The van der Waals surface area contributed by atoms with E-state index in [0.29, 0.717) is 16.8 Å². The topological polar surface area (TPSA) is 49.8 Å². The summed E-state index contributed by atoms with van der Waals surface area (Å²) in [5, 5.41) is 7.06. The van der Waals surface area contributed by atoms with Crippen molar-refractivity contribution in [1.29, 1.82) is 0 Å². The van der Waals surface area contributed by atoms with Crippen molar-refractivity contribution in [3.8, 4) is 0 Å². The average molecular weight is 311 g/mol. The zero-order valence-electron chi connectivity index (χ0n) is 12.0. The van der Waals surface area contributed by atoms with Gasteiger partial charge in [-0.2, -0.15) is 4.98 Å². The maximum Gasteiger partial charge on any atom is 0.229 e. The number of nitrogens with one attached hydrogen (secondary N) is 2. The molecular weight excluding hydrogens is 296 g/mol. The molecule has 2 aromatic carbocycles. The summed E-state index contributed by atoms with van der Waals surface area (Å²) in [6, 6.07) is 19.2. The van der Waals surface area contributed by atoms with E-state index in [0.717, 1.165) is 17.1 Å². The molecule has 0 spiro atoms. The first-order chi connectivity index (χ1) is 10.7. The molecule has 1 heterocycles. The van der Waals surface area contributed by atoms with Crippen molar-refractivity contribution >= 4 is 34.7 Å². The minimum Gasteiger partial charge on any atom is -0.339 e. The number of aryl methyl sites for hydroxylation is 1. The van der Waals surface area contributed by atoms with Crippen LogP contribution >= 0.6 is 11.6 Å². The van der Waals surface area contributed by atoms with E-state index in [1.54, 1.807) is 0 Å². The van der Waals surface area contributed by atoms with Crippen LogP contribution in [-0.2, 0) is 0 Å². The summed E-state index contributed by atoms with van der Waals surface area (Å²) in [6.45, 7) is 1.93. The highest BCUT2D eigenvalue weighted by Gasteiger charge is 2.05. The maximum atomic E-state index is 6.16. The summed E-state index contributed by atoms with van der Waals surface area (Å²) < 4.78 is 0. The number of hydrogen-bond donors (Lipinski definition) is 2. The first-order valence-corrected chi connectivity index (χ1v) is 7.28. The summed E-state index contributed by atoms with van der Waals surface area (Å²) >= 11 is 6.16. The molecule has 2 N–H and O–H groups in total. The molecule has 0 unspecified atom stereocenters. The van der Waals surface area contributed by atoms with Gasteiger partial charge in [0.2, 0.25) is 5.95 Å². The fraction of sp³-hybridized carbons (Fsp3) is 0.0588. The third-order valence-electron chi connectivity index (χ3n) is 3.02. The highest BCUT2D eigenvalue weighted by molar-refractivity contribution is 6.33. The largest absolute Gasteiger partial charge is 0.339 e. The molecule has 0 aliphatic carbocycles. The van der Waals surface area contributed by atoms with Crippen LogP contribution < -0.4 is 10.6 Å². The van der Waals surface area contributed by atoms with Gasteiger partial charge in [0.15, 0.2) is 0 Å². The number of para-hydroxylation sites is 2. The Kier molecular flexibility index (Phi) is 4.21. The first kappa shape index (κ1) is 14.4. The van der Waals surface area contributed by atoms with Crippen molar-refractivity contribution < 1.29 is 0 Å². The Morgan fingerprint density at radius 1 is 0.864 bits per heavy atom. The molecular formula is C17H15ClN4. The normalized spacial score (nSPS) is 10.3. The highest BCUT2D eigenvalue weighted by atomic mass is 35.5. The molecule has 0 bridgehead atoms. The molecule has 0 aliphatic rings. The van der Waals surface area contributed by atoms with Crippen LogP contribution in [-0.4, -0.2) is 9.97 Å². The van der Waals surface area contributed by atoms with Gasteiger partial charge in [-0.1, -0.05) is 41.9 Å². The minimum absolute atomic E-state index is 0.542. The van der Waals surface area contributed by atoms with Crippen LogP contribution in [0.3, 0.4) is 0 Å². The number of nitrogens with zero attached hydrogens (tertiary/aromatic N) is 2. The van der Waals surface area contributed by atoms with Gasteiger partial charge in [-0.15, -0.1) is 0 Å². The third kappa shape index (κ3) is 3.54. The Bertz CT molecular complexity index is 775. The van der Waals surface area contributed by atoms with Crippen molar-refractivity contribution in [1.82, 2.24) is 9.97 Å². The fourth-order valence-corrected chi connectivity index (χ4v) is 2.22. The second-order valence-corrected chi connectivity index (χ2v) is 5.22. The van der Waals surface area contributed by atoms with Gasteiger partial charge in [0.05, 0.1) is 10.7 Å². The van der Waals surface area contributed by atoms with Gasteiger partial charge in [0.1, 0.15) is 5.82 Å². The summed E-state index contributed by atoms with van der Waals surface area (Å²) in [6.07, 6.45) is 0. The van der Waals surface area contributed by atoms with E-state index >= 15 is 0 Å². The lowest BCUT2D eigenvalue weighted by Crippen LogP contribution is -2.02. The zero-order chi connectivity index (χ0) is 15.4. The average Bonchev–Trinajstić information content (AvgIpc) is 2.50. The predicted octanol–water partition coefficient (Wildman–Crippen LogP) is 4.93. The van der Waals surface area contributed by atoms with E-state index in [1.165, 1.54) is 0 Å². The molecule has 0 aliphatic heterocycles. The molecule has 3 rings (SSSR count). The van der Waals surface area contributed by atoms with Gasteiger partial charge >= 0.3 is 0 Å². The monoisotopic (exact) mass is 310 g/mol. The van der Waals surface area contributed by atoms with E-state index in [4.69, 9.17) is 11.6 Å². The van der Waals surface area contributed by atoms with Crippen LogP contribution in [0.15, 0.2) is 60.7 Å². The molecule has 4 nitrogen and oxygen atoms in total. The summed E-state index contributed by atoms with van der Waals surface area (Å²) in [5.41, 5.74) is 2.62. The molecule has 22 heavy (non-hydrogen) atoms. The second kappa shape index (κ2) is 6.45. The third-order valence-corrected chi connectivity index (χ3v) is 3.35. The van der Waals surface area contributed by atoms with Crippen LogP contribution in [0.2, 0.25) is 5.02 Å². The Morgan fingerprint density at radius 2 is 1.59 bits per heavy atom. The molecule has 1 aromatic heterocycles. The zero-order valence-corrected chi connectivity index (χ0v) is 12.8. The molecule has 3 aromatic rings. The van der Waals surface area contributed by atoms with E-state index < -0.39 is 0 Å². The lowest BCUT2D eigenvalue weighted by atomic mass is 10.3. The standard InChI is InChI=1S/C17H15ClN4/c1-12-11-16(21-15-10-6-5-9-14(15)18)22-17(19-12)20-13-7-3-2-4-8-13/h2-11H,1H3,(H2,19,20,21,22). The summed E-state index contributed by atoms with van der Waals surface area (Å²) in [5.74, 6) is 1.24. The van der Waals surface area contributed by atoms with E-state index in [2.05, 4.69) is 20.6 Å².